The maximum Gasteiger partial charge on any atom is 0.255 e. The lowest BCUT2D eigenvalue weighted by molar-refractivity contribution is -0.0987. The second kappa shape index (κ2) is 15.0. The summed E-state index contributed by atoms with van der Waals surface area (Å²) >= 11 is 0. The van der Waals surface area contributed by atoms with Crippen LogP contribution in [0.25, 0.3) is 0 Å². The van der Waals surface area contributed by atoms with E-state index in [2.05, 4.69) is 12.2 Å². The molecule has 1 saturated heterocycles. The van der Waals surface area contributed by atoms with E-state index in [-0.39, 0.29) is 17.3 Å². The van der Waals surface area contributed by atoms with Crippen LogP contribution in [0.4, 0.5) is 28.9 Å². The van der Waals surface area contributed by atoms with Crippen molar-refractivity contribution in [3.63, 3.8) is 0 Å². The molecular weight excluding hydrogens is 476 g/mol. The highest BCUT2D eigenvalue weighted by Crippen LogP contribution is 2.43. The van der Waals surface area contributed by atoms with Gasteiger partial charge in [0, 0.05) is 36.0 Å². The fourth-order valence-electron chi connectivity index (χ4n) is 4.49. The van der Waals surface area contributed by atoms with Gasteiger partial charge in [-0.15, -0.1) is 0 Å². The van der Waals surface area contributed by atoms with E-state index in [0.717, 1.165) is 25.2 Å². The van der Waals surface area contributed by atoms with Crippen molar-refractivity contribution in [2.75, 3.05) is 16.8 Å². The molecule has 0 spiro atoms. The van der Waals surface area contributed by atoms with Gasteiger partial charge in [0.05, 0.1) is 5.69 Å². The number of halogens is 4. The van der Waals surface area contributed by atoms with Crippen molar-refractivity contribution < 1.29 is 31.9 Å². The average molecular weight is 511 g/mol. The third-order valence-electron chi connectivity index (χ3n) is 6.20. The summed E-state index contributed by atoms with van der Waals surface area (Å²) in [7, 11) is 0. The van der Waals surface area contributed by atoms with Gasteiger partial charge in [0.2, 0.25) is 0 Å². The second-order valence-corrected chi connectivity index (χ2v) is 8.39. The van der Waals surface area contributed by atoms with Crippen molar-refractivity contribution in [3.8, 4) is 0 Å². The Labute approximate surface area is 209 Å². The Balaban J connectivity index is 0.00000101. The number of hydrogen-bond acceptors (Lipinski definition) is 4. The van der Waals surface area contributed by atoms with Crippen LogP contribution >= 0.6 is 0 Å². The molecule has 1 N–H and O–H groups in total. The normalized spacial score (nSPS) is 18.7. The maximum absolute atomic E-state index is 14.7. The first-order valence-electron chi connectivity index (χ1n) is 11.9. The lowest BCUT2D eigenvalue weighted by atomic mass is 9.92. The van der Waals surface area contributed by atoms with Crippen molar-refractivity contribution in [1.29, 1.82) is 0 Å². The van der Waals surface area contributed by atoms with Crippen molar-refractivity contribution in [3.05, 3.63) is 59.2 Å². The van der Waals surface area contributed by atoms with E-state index in [1.54, 1.807) is 0 Å². The molecule has 0 radical (unpaired) electrons. The number of nitrogens with zero attached hydrogens (tertiary/aromatic N) is 1. The molecule has 9 heteroatoms. The van der Waals surface area contributed by atoms with Crippen molar-refractivity contribution in [1.82, 2.24) is 0 Å². The number of benzene rings is 2. The van der Waals surface area contributed by atoms with Gasteiger partial charge in [0.15, 0.2) is 17.5 Å². The molecule has 2 aromatic carbocycles. The largest absolute Gasteiger partial charge is 0.366 e. The van der Waals surface area contributed by atoms with Gasteiger partial charge in [-0.25, -0.2) is 17.6 Å². The number of nitrogens with one attached hydrogen (secondary N) is 1. The van der Waals surface area contributed by atoms with Crippen molar-refractivity contribution in [2.45, 2.75) is 58.9 Å². The van der Waals surface area contributed by atoms with E-state index >= 15 is 0 Å². The zero-order chi connectivity index (χ0) is 27.4. The molecule has 1 amide bonds. The first kappa shape index (κ1) is 30.8. The molecule has 5 nitrogen and oxygen atoms in total. The Morgan fingerprint density at radius 1 is 0.889 bits per heavy atom. The van der Waals surface area contributed by atoms with Crippen LogP contribution < -0.4 is 10.2 Å². The summed E-state index contributed by atoms with van der Waals surface area (Å²) < 4.78 is 54.6. The summed E-state index contributed by atoms with van der Waals surface area (Å²) in [6, 6.07) is 5.57. The SMILES string of the molecule is C=O.C=O.CC.CC1CC(C2CC2)CCCN1c1cc(C(=O)Nc2cc(F)c(F)c(F)c2)ccc1F. The number of carbonyl (C=O) groups excluding carboxylic acids is 3. The van der Waals surface area contributed by atoms with Crippen LogP contribution in [0.1, 0.15) is 63.2 Å². The number of carbonyl (C=O) groups is 3. The molecule has 0 aromatic heterocycles. The van der Waals surface area contributed by atoms with Crippen LogP contribution in [-0.2, 0) is 9.59 Å². The van der Waals surface area contributed by atoms with Crippen LogP contribution in [-0.4, -0.2) is 32.1 Å². The summed E-state index contributed by atoms with van der Waals surface area (Å²) in [6.45, 7) is 10.8. The number of hydrogen-bond donors (Lipinski definition) is 1. The fourth-order valence-corrected chi connectivity index (χ4v) is 4.49. The van der Waals surface area contributed by atoms with Gasteiger partial charge in [-0.2, -0.15) is 0 Å². The minimum Gasteiger partial charge on any atom is -0.366 e. The lowest BCUT2D eigenvalue weighted by Gasteiger charge is -2.31. The van der Waals surface area contributed by atoms with Crippen molar-refractivity contribution >= 4 is 30.9 Å². The molecule has 2 unspecified atom stereocenters. The van der Waals surface area contributed by atoms with Crippen molar-refractivity contribution in [2.24, 2.45) is 11.8 Å². The monoisotopic (exact) mass is 510 g/mol. The third kappa shape index (κ3) is 7.90. The van der Waals surface area contributed by atoms with E-state index in [9.17, 15) is 22.4 Å². The zero-order valence-corrected chi connectivity index (χ0v) is 21.0. The van der Waals surface area contributed by atoms with Crippen LogP contribution in [0.15, 0.2) is 30.3 Å². The Kier molecular flexibility index (Phi) is 12.8. The molecule has 36 heavy (non-hydrogen) atoms. The molecule has 1 aliphatic heterocycles. The van der Waals surface area contributed by atoms with Gasteiger partial charge < -0.3 is 19.8 Å². The van der Waals surface area contributed by atoms with Crippen LogP contribution in [0, 0.1) is 35.1 Å². The molecule has 2 atom stereocenters. The Hall–Kier alpha value is -3.23. The van der Waals surface area contributed by atoms with E-state index in [1.165, 1.54) is 31.0 Å². The quantitative estimate of drug-likeness (QED) is 0.374. The van der Waals surface area contributed by atoms with Gasteiger partial charge in [0.25, 0.3) is 5.91 Å². The van der Waals surface area contributed by atoms with Gasteiger partial charge in [-0.1, -0.05) is 13.8 Å². The van der Waals surface area contributed by atoms with Gasteiger partial charge in [-0.3, -0.25) is 4.79 Å². The highest BCUT2D eigenvalue weighted by atomic mass is 19.2. The summed E-state index contributed by atoms with van der Waals surface area (Å²) in [4.78, 5) is 30.6. The Morgan fingerprint density at radius 2 is 1.47 bits per heavy atom. The molecule has 2 aromatic rings. The molecule has 1 heterocycles. The first-order valence-corrected chi connectivity index (χ1v) is 11.9. The smallest absolute Gasteiger partial charge is 0.255 e. The zero-order valence-electron chi connectivity index (χ0n) is 21.0. The summed E-state index contributed by atoms with van der Waals surface area (Å²) in [5.74, 6) is -3.99. The van der Waals surface area contributed by atoms with E-state index in [4.69, 9.17) is 9.59 Å². The van der Waals surface area contributed by atoms with E-state index in [1.807, 2.05) is 32.3 Å². The molecule has 4 rings (SSSR count). The molecule has 0 bridgehead atoms. The minimum absolute atomic E-state index is 0.145. The van der Waals surface area contributed by atoms with E-state index < -0.39 is 29.2 Å². The fraction of sp³-hybridized carbons (Fsp3) is 0.444. The minimum atomic E-state index is -1.60. The predicted octanol–water partition coefficient (Wildman–Crippen LogP) is 6.56. The summed E-state index contributed by atoms with van der Waals surface area (Å²) in [5.41, 5.74) is 0.299. The van der Waals surface area contributed by atoms with Crippen LogP contribution in [0.5, 0.6) is 0 Å². The third-order valence-corrected chi connectivity index (χ3v) is 6.20. The number of rotatable bonds is 4. The summed E-state index contributed by atoms with van der Waals surface area (Å²) in [6.07, 6.45) is 5.66. The number of anilines is 2. The molecule has 2 aliphatic rings. The van der Waals surface area contributed by atoms with Gasteiger partial charge >= 0.3 is 0 Å². The predicted molar refractivity (Wildman–Crippen MR) is 133 cm³/mol. The van der Waals surface area contributed by atoms with Crippen LogP contribution in [0.3, 0.4) is 0 Å². The summed E-state index contributed by atoms with van der Waals surface area (Å²) in [5, 5.41) is 2.34. The van der Waals surface area contributed by atoms with Gasteiger partial charge in [0.1, 0.15) is 19.4 Å². The Bertz CT molecular complexity index is 976. The van der Waals surface area contributed by atoms with E-state index in [0.29, 0.717) is 30.3 Å². The molecule has 2 fully saturated rings. The second-order valence-electron chi connectivity index (χ2n) is 8.39. The molecule has 1 aliphatic carbocycles. The average Bonchev–Trinajstić information content (AvgIpc) is 3.75. The number of amides is 1. The van der Waals surface area contributed by atoms with Crippen LogP contribution in [0.2, 0.25) is 0 Å². The standard InChI is InChI=1S/C23H24F4N2O.C2H6.2CH2O/c1-13-9-15(14-4-5-14)3-2-8-29(13)21-10-16(6-7-18(21)24)23(30)28-17-11-19(25)22(27)20(26)12-17;3*1-2/h6-7,10-15H,2-5,8-9H2,1H3,(H,28,30);1-2H3;2*1H2. The lowest BCUT2D eigenvalue weighted by Crippen LogP contribution is -2.34. The topological polar surface area (TPSA) is 66.5 Å². The highest BCUT2D eigenvalue weighted by molar-refractivity contribution is 6.04. The highest BCUT2D eigenvalue weighted by Gasteiger charge is 2.35. The molecular formula is C27H34F4N2O3. The maximum atomic E-state index is 14.7. The molecule has 198 valence electrons. The molecule has 1 saturated carbocycles. The van der Waals surface area contributed by atoms with Gasteiger partial charge in [-0.05, 0) is 69.1 Å². The Morgan fingerprint density at radius 3 is 2.03 bits per heavy atom. The first-order chi connectivity index (χ1) is 17.3.